The largest absolute Gasteiger partial charge is 0.377 e. The third kappa shape index (κ3) is 4.76. The van der Waals surface area contributed by atoms with Crippen molar-refractivity contribution in [1.29, 1.82) is 0 Å². The van der Waals surface area contributed by atoms with Crippen molar-refractivity contribution in [2.24, 2.45) is 5.14 Å². The number of sulfonamides is 1. The van der Waals surface area contributed by atoms with Gasteiger partial charge >= 0.3 is 0 Å². The number of hydrogen-bond donors (Lipinski definition) is 2. The summed E-state index contributed by atoms with van der Waals surface area (Å²) in [6.07, 6.45) is -0.203. The lowest BCUT2D eigenvalue weighted by molar-refractivity contribution is 0.0694. The van der Waals surface area contributed by atoms with E-state index in [1.807, 2.05) is 6.92 Å². The summed E-state index contributed by atoms with van der Waals surface area (Å²) in [5.74, 6) is -1.42. The highest BCUT2D eigenvalue weighted by molar-refractivity contribution is 7.89. The lowest BCUT2D eigenvalue weighted by Gasteiger charge is -2.14. The van der Waals surface area contributed by atoms with Crippen LogP contribution in [0.25, 0.3) is 0 Å². The normalized spacial score (nSPS) is 13.0. The third-order valence-electron chi connectivity index (χ3n) is 2.88. The van der Waals surface area contributed by atoms with Gasteiger partial charge in [0.05, 0.1) is 11.0 Å². The molecule has 0 aliphatic rings. The fourth-order valence-corrected chi connectivity index (χ4v) is 2.67. The lowest BCUT2D eigenvalue weighted by atomic mass is 10.1. The molecule has 1 aromatic rings. The maximum Gasteiger partial charge on any atom is 0.251 e. The topological polar surface area (TPSA) is 98.5 Å². The van der Waals surface area contributed by atoms with Crippen LogP contribution in [0.2, 0.25) is 0 Å². The zero-order valence-electron chi connectivity index (χ0n) is 12.1. The summed E-state index contributed by atoms with van der Waals surface area (Å²) in [6, 6.07) is 1.77. The molecular weight excluding hydrogens is 299 g/mol. The first kappa shape index (κ1) is 17.5. The summed E-state index contributed by atoms with van der Waals surface area (Å²) in [6.45, 7) is 5.74. The third-order valence-corrected chi connectivity index (χ3v) is 3.91. The van der Waals surface area contributed by atoms with Gasteiger partial charge in [-0.05, 0) is 38.5 Å². The molecule has 0 bridgehead atoms. The molecule has 1 amide bonds. The number of benzene rings is 1. The van der Waals surface area contributed by atoms with Gasteiger partial charge in [0.2, 0.25) is 10.0 Å². The Morgan fingerprint density at radius 1 is 1.48 bits per heavy atom. The first-order chi connectivity index (χ1) is 9.66. The van der Waals surface area contributed by atoms with Gasteiger partial charge in [0.15, 0.2) is 0 Å². The Bertz CT molecular complexity index is 631. The Kier molecular flexibility index (Phi) is 5.82. The van der Waals surface area contributed by atoms with Gasteiger partial charge in [0.25, 0.3) is 5.91 Å². The monoisotopic (exact) mass is 318 g/mol. The smallest absolute Gasteiger partial charge is 0.251 e. The molecule has 0 aromatic heterocycles. The van der Waals surface area contributed by atoms with E-state index >= 15 is 0 Å². The second-order valence-electron chi connectivity index (χ2n) is 4.60. The average Bonchev–Trinajstić information content (AvgIpc) is 2.37. The van der Waals surface area contributed by atoms with Crippen molar-refractivity contribution in [3.8, 4) is 0 Å². The van der Waals surface area contributed by atoms with E-state index in [9.17, 15) is 17.6 Å². The predicted molar refractivity (Wildman–Crippen MR) is 75.9 cm³/mol. The van der Waals surface area contributed by atoms with E-state index in [1.165, 1.54) is 6.92 Å². The molecule has 0 aliphatic carbocycles. The van der Waals surface area contributed by atoms with Crippen LogP contribution in [0.3, 0.4) is 0 Å². The van der Waals surface area contributed by atoms with Crippen LogP contribution < -0.4 is 10.5 Å². The summed E-state index contributed by atoms with van der Waals surface area (Å²) in [4.78, 5) is 11.6. The molecule has 3 N–H and O–H groups in total. The van der Waals surface area contributed by atoms with Crippen LogP contribution in [0.15, 0.2) is 17.0 Å². The van der Waals surface area contributed by atoms with E-state index in [4.69, 9.17) is 9.88 Å². The van der Waals surface area contributed by atoms with Crippen LogP contribution in [0.4, 0.5) is 4.39 Å². The summed E-state index contributed by atoms with van der Waals surface area (Å²) in [7, 11) is -4.10. The van der Waals surface area contributed by atoms with Crippen LogP contribution in [-0.4, -0.2) is 33.6 Å². The van der Waals surface area contributed by atoms with Gasteiger partial charge in [-0.15, -0.1) is 0 Å². The highest BCUT2D eigenvalue weighted by Gasteiger charge is 2.20. The van der Waals surface area contributed by atoms with Crippen molar-refractivity contribution in [2.45, 2.75) is 31.8 Å². The number of rotatable bonds is 6. The number of ether oxygens (including phenoxy) is 1. The minimum atomic E-state index is -4.10. The number of hydrogen-bond acceptors (Lipinski definition) is 4. The van der Waals surface area contributed by atoms with Crippen molar-refractivity contribution < 1.29 is 22.3 Å². The van der Waals surface area contributed by atoms with E-state index in [-0.39, 0.29) is 23.8 Å². The van der Waals surface area contributed by atoms with Crippen molar-refractivity contribution in [3.05, 3.63) is 29.1 Å². The van der Waals surface area contributed by atoms with Gasteiger partial charge in [-0.25, -0.2) is 17.9 Å². The van der Waals surface area contributed by atoms with Crippen molar-refractivity contribution in [2.75, 3.05) is 13.2 Å². The summed E-state index contributed by atoms with van der Waals surface area (Å²) in [5.41, 5.74) is 0.0446. The SMILES string of the molecule is CCOC(C)CNC(=O)c1cc(F)cc(S(N)(=O)=O)c1C. The lowest BCUT2D eigenvalue weighted by Crippen LogP contribution is -2.33. The first-order valence-corrected chi connectivity index (χ1v) is 7.94. The van der Waals surface area contributed by atoms with Gasteiger partial charge in [0.1, 0.15) is 5.82 Å². The molecule has 1 unspecified atom stereocenters. The molecule has 1 atom stereocenters. The Balaban J connectivity index is 3.03. The predicted octanol–water partition coefficient (Wildman–Crippen LogP) is 0.936. The quantitative estimate of drug-likeness (QED) is 0.815. The van der Waals surface area contributed by atoms with Gasteiger partial charge in [-0.3, -0.25) is 4.79 Å². The second-order valence-corrected chi connectivity index (χ2v) is 6.13. The van der Waals surface area contributed by atoms with Gasteiger partial charge in [-0.2, -0.15) is 0 Å². The van der Waals surface area contributed by atoms with Crippen molar-refractivity contribution in [1.82, 2.24) is 5.32 Å². The molecule has 0 aliphatic heterocycles. The minimum absolute atomic E-state index is 0.0669. The first-order valence-electron chi connectivity index (χ1n) is 6.39. The van der Waals surface area contributed by atoms with Crippen LogP contribution in [0, 0.1) is 12.7 Å². The Morgan fingerprint density at radius 2 is 2.10 bits per heavy atom. The molecule has 6 nitrogen and oxygen atoms in total. The van der Waals surface area contributed by atoms with Crippen LogP contribution in [-0.2, 0) is 14.8 Å². The molecule has 118 valence electrons. The van der Waals surface area contributed by atoms with Crippen molar-refractivity contribution in [3.63, 3.8) is 0 Å². The fourth-order valence-electron chi connectivity index (χ4n) is 1.86. The minimum Gasteiger partial charge on any atom is -0.377 e. The zero-order valence-corrected chi connectivity index (χ0v) is 13.0. The van der Waals surface area contributed by atoms with Crippen LogP contribution in [0.1, 0.15) is 29.8 Å². The number of carbonyl (C=O) groups is 1. The number of amides is 1. The van der Waals surface area contributed by atoms with Gasteiger partial charge in [0, 0.05) is 18.7 Å². The van der Waals surface area contributed by atoms with Crippen LogP contribution >= 0.6 is 0 Å². The van der Waals surface area contributed by atoms with Crippen LogP contribution in [0.5, 0.6) is 0 Å². The number of nitrogens with two attached hydrogens (primary N) is 1. The molecule has 0 fully saturated rings. The number of primary sulfonamides is 1. The number of nitrogens with one attached hydrogen (secondary N) is 1. The Hall–Kier alpha value is -1.51. The summed E-state index contributed by atoms with van der Waals surface area (Å²) < 4.78 is 41.5. The van der Waals surface area contributed by atoms with E-state index in [0.717, 1.165) is 12.1 Å². The van der Waals surface area contributed by atoms with Crippen molar-refractivity contribution >= 4 is 15.9 Å². The van der Waals surface area contributed by atoms with Gasteiger partial charge < -0.3 is 10.1 Å². The maximum atomic E-state index is 13.5. The Morgan fingerprint density at radius 3 is 2.62 bits per heavy atom. The van der Waals surface area contributed by atoms with E-state index in [1.54, 1.807) is 6.92 Å². The number of halogens is 1. The van der Waals surface area contributed by atoms with E-state index < -0.39 is 26.6 Å². The fraction of sp³-hybridized carbons (Fsp3) is 0.462. The average molecular weight is 318 g/mol. The zero-order chi connectivity index (χ0) is 16.2. The number of carbonyl (C=O) groups excluding carboxylic acids is 1. The van der Waals surface area contributed by atoms with E-state index in [2.05, 4.69) is 5.32 Å². The highest BCUT2D eigenvalue weighted by atomic mass is 32.2. The molecule has 0 saturated heterocycles. The molecule has 1 aromatic carbocycles. The second kappa shape index (κ2) is 6.97. The molecule has 21 heavy (non-hydrogen) atoms. The molecule has 0 radical (unpaired) electrons. The molecule has 0 heterocycles. The highest BCUT2D eigenvalue weighted by Crippen LogP contribution is 2.20. The molecule has 0 saturated carbocycles. The summed E-state index contributed by atoms with van der Waals surface area (Å²) in [5, 5.41) is 7.58. The Labute approximate surface area is 123 Å². The summed E-state index contributed by atoms with van der Waals surface area (Å²) >= 11 is 0. The molecular formula is C13H19FN2O4S. The van der Waals surface area contributed by atoms with E-state index in [0.29, 0.717) is 6.61 Å². The maximum absolute atomic E-state index is 13.5. The molecule has 8 heteroatoms. The van der Waals surface area contributed by atoms with Gasteiger partial charge in [-0.1, -0.05) is 0 Å². The molecule has 0 spiro atoms. The standard InChI is InChI=1S/C13H19FN2O4S/c1-4-20-8(2)7-16-13(17)11-5-10(14)6-12(9(11)3)21(15,18)19/h5-6,8H,4,7H2,1-3H3,(H,16,17)(H2,15,18,19). The molecule has 1 rings (SSSR count).